The fourth-order valence-electron chi connectivity index (χ4n) is 1.86. The molecule has 2 rings (SSSR count). The average molecular weight is 311 g/mol. The van der Waals surface area contributed by atoms with E-state index in [1.165, 1.54) is 12.1 Å². The van der Waals surface area contributed by atoms with Crippen LogP contribution in [0.15, 0.2) is 36.4 Å². The molecule has 0 nitrogen and oxygen atoms in total. The van der Waals surface area contributed by atoms with Crippen LogP contribution in [-0.4, -0.2) is 0 Å². The second kappa shape index (κ2) is 5.19. The molecule has 0 amide bonds. The molecule has 0 aliphatic rings. The Morgan fingerprint density at radius 2 is 1.72 bits per heavy atom. The molecule has 0 bridgehead atoms. The molecule has 0 aliphatic heterocycles. The molecule has 2 aromatic rings. The zero-order valence-corrected chi connectivity index (χ0v) is 11.8. The largest absolute Gasteiger partial charge is 0.207 e. The van der Waals surface area contributed by atoms with Crippen LogP contribution < -0.4 is 0 Å². The third kappa shape index (κ3) is 2.61. The first kappa shape index (κ1) is 13.2. The minimum atomic E-state index is -0.391. The summed E-state index contributed by atoms with van der Waals surface area (Å²) in [7, 11) is 0. The predicted octanol–water partition coefficient (Wildman–Crippen LogP) is 5.07. The number of alkyl halides is 1. The molecule has 0 heterocycles. The SMILES string of the molecule is Cc1cccc(C(Br)c2cc(F)c(C)cc2F)c1. The van der Waals surface area contributed by atoms with E-state index in [-0.39, 0.29) is 10.6 Å². The van der Waals surface area contributed by atoms with Crippen LogP contribution in [0.25, 0.3) is 0 Å². The van der Waals surface area contributed by atoms with E-state index in [9.17, 15) is 8.78 Å². The molecule has 94 valence electrons. The van der Waals surface area contributed by atoms with Gasteiger partial charge in [0.15, 0.2) is 0 Å². The summed E-state index contributed by atoms with van der Waals surface area (Å²) in [5.74, 6) is -0.777. The average Bonchev–Trinajstić information content (AvgIpc) is 2.33. The van der Waals surface area contributed by atoms with Crippen molar-refractivity contribution in [3.8, 4) is 0 Å². The van der Waals surface area contributed by atoms with Crippen molar-refractivity contribution in [2.45, 2.75) is 18.7 Å². The number of hydrogen-bond donors (Lipinski definition) is 0. The van der Waals surface area contributed by atoms with Crippen molar-refractivity contribution in [2.24, 2.45) is 0 Å². The Balaban J connectivity index is 2.46. The summed E-state index contributed by atoms with van der Waals surface area (Å²) in [6.45, 7) is 3.52. The summed E-state index contributed by atoms with van der Waals surface area (Å²) < 4.78 is 27.4. The number of rotatable bonds is 2. The fraction of sp³-hybridized carbons (Fsp3) is 0.200. The summed E-state index contributed by atoms with van der Waals surface area (Å²) in [6, 6.07) is 10.2. The van der Waals surface area contributed by atoms with Gasteiger partial charge in [0.25, 0.3) is 0 Å². The highest BCUT2D eigenvalue weighted by molar-refractivity contribution is 9.09. The summed E-state index contributed by atoms with van der Waals surface area (Å²) in [6.07, 6.45) is 0. The molecule has 0 saturated heterocycles. The zero-order valence-electron chi connectivity index (χ0n) is 10.2. The van der Waals surface area contributed by atoms with E-state index >= 15 is 0 Å². The van der Waals surface area contributed by atoms with Crippen LogP contribution >= 0.6 is 15.9 Å². The molecule has 0 radical (unpaired) electrons. The summed E-state index contributed by atoms with van der Waals surface area (Å²) in [5.41, 5.74) is 2.64. The lowest BCUT2D eigenvalue weighted by Gasteiger charge is -2.13. The Kier molecular flexibility index (Phi) is 3.81. The lowest BCUT2D eigenvalue weighted by atomic mass is 10.0. The van der Waals surface area contributed by atoms with Gasteiger partial charge >= 0.3 is 0 Å². The third-order valence-electron chi connectivity index (χ3n) is 2.89. The molecule has 18 heavy (non-hydrogen) atoms. The Morgan fingerprint density at radius 3 is 2.39 bits per heavy atom. The lowest BCUT2D eigenvalue weighted by Crippen LogP contribution is -1.99. The number of hydrogen-bond acceptors (Lipinski definition) is 0. The first-order valence-corrected chi connectivity index (χ1v) is 6.57. The van der Waals surface area contributed by atoms with Crippen molar-refractivity contribution < 1.29 is 8.78 Å². The monoisotopic (exact) mass is 310 g/mol. The van der Waals surface area contributed by atoms with Crippen molar-refractivity contribution in [1.29, 1.82) is 0 Å². The normalized spacial score (nSPS) is 12.5. The lowest BCUT2D eigenvalue weighted by molar-refractivity contribution is 0.581. The molecule has 0 N–H and O–H groups in total. The molecule has 0 saturated carbocycles. The van der Waals surface area contributed by atoms with E-state index in [1.54, 1.807) is 6.92 Å². The van der Waals surface area contributed by atoms with Gasteiger partial charge in [0.2, 0.25) is 0 Å². The third-order valence-corrected chi connectivity index (χ3v) is 3.91. The van der Waals surface area contributed by atoms with Gasteiger partial charge in [-0.2, -0.15) is 0 Å². The fourth-order valence-corrected chi connectivity index (χ4v) is 2.50. The molecular formula is C15H13BrF2. The van der Waals surface area contributed by atoms with E-state index in [4.69, 9.17) is 0 Å². The predicted molar refractivity (Wildman–Crippen MR) is 73.0 cm³/mol. The van der Waals surface area contributed by atoms with Crippen LogP contribution in [0.4, 0.5) is 8.78 Å². The number of halogens is 3. The van der Waals surface area contributed by atoms with Crippen molar-refractivity contribution in [3.05, 3.63) is 70.3 Å². The number of benzene rings is 2. The maximum atomic E-state index is 13.9. The standard InChI is InChI=1S/C15H13BrF2/c1-9-4-3-5-11(6-9)15(16)12-8-13(17)10(2)7-14(12)18/h3-8,15H,1-2H3. The van der Waals surface area contributed by atoms with Crippen LogP contribution in [0.2, 0.25) is 0 Å². The Morgan fingerprint density at radius 1 is 1.00 bits per heavy atom. The van der Waals surface area contributed by atoms with Gasteiger partial charge in [-0.25, -0.2) is 8.78 Å². The molecule has 3 heteroatoms. The van der Waals surface area contributed by atoms with E-state index in [0.29, 0.717) is 11.1 Å². The van der Waals surface area contributed by atoms with Gasteiger partial charge in [-0.05, 0) is 37.1 Å². The first-order valence-electron chi connectivity index (χ1n) is 5.65. The van der Waals surface area contributed by atoms with Gasteiger partial charge in [0.05, 0.1) is 4.83 Å². The Labute approximate surface area is 114 Å². The van der Waals surface area contributed by atoms with E-state index in [1.807, 2.05) is 31.2 Å². The van der Waals surface area contributed by atoms with Crippen LogP contribution in [0, 0.1) is 25.5 Å². The van der Waals surface area contributed by atoms with Gasteiger partial charge in [0.1, 0.15) is 11.6 Å². The second-order valence-electron chi connectivity index (χ2n) is 4.40. The molecule has 0 aliphatic carbocycles. The molecule has 1 atom stereocenters. The molecule has 2 aromatic carbocycles. The quantitative estimate of drug-likeness (QED) is 0.680. The van der Waals surface area contributed by atoms with Gasteiger partial charge in [-0.3, -0.25) is 0 Å². The highest BCUT2D eigenvalue weighted by Crippen LogP contribution is 2.33. The topological polar surface area (TPSA) is 0 Å². The highest BCUT2D eigenvalue weighted by Gasteiger charge is 2.17. The van der Waals surface area contributed by atoms with E-state index < -0.39 is 5.82 Å². The summed E-state index contributed by atoms with van der Waals surface area (Å²) >= 11 is 3.43. The Hall–Kier alpha value is -1.22. The van der Waals surface area contributed by atoms with Gasteiger partial charge < -0.3 is 0 Å². The molecule has 0 aromatic heterocycles. The molecule has 0 fully saturated rings. The summed E-state index contributed by atoms with van der Waals surface area (Å²) in [5, 5.41) is 0. The van der Waals surface area contributed by atoms with Crippen LogP contribution in [0.1, 0.15) is 27.1 Å². The Bertz CT molecular complexity index is 579. The van der Waals surface area contributed by atoms with E-state index in [2.05, 4.69) is 15.9 Å². The van der Waals surface area contributed by atoms with Gasteiger partial charge in [0, 0.05) is 5.56 Å². The maximum Gasteiger partial charge on any atom is 0.128 e. The van der Waals surface area contributed by atoms with Crippen molar-refractivity contribution in [2.75, 3.05) is 0 Å². The first-order chi connectivity index (χ1) is 8.49. The van der Waals surface area contributed by atoms with E-state index in [0.717, 1.165) is 11.1 Å². The van der Waals surface area contributed by atoms with Crippen LogP contribution in [0.3, 0.4) is 0 Å². The maximum absolute atomic E-state index is 13.9. The van der Waals surface area contributed by atoms with Gasteiger partial charge in [-0.1, -0.05) is 45.8 Å². The van der Waals surface area contributed by atoms with Crippen LogP contribution in [0.5, 0.6) is 0 Å². The van der Waals surface area contributed by atoms with Crippen molar-refractivity contribution in [1.82, 2.24) is 0 Å². The molecular weight excluding hydrogens is 298 g/mol. The minimum absolute atomic E-state index is 0.320. The number of aryl methyl sites for hydroxylation is 2. The summed E-state index contributed by atoms with van der Waals surface area (Å²) in [4.78, 5) is -0.340. The molecule has 0 spiro atoms. The van der Waals surface area contributed by atoms with Crippen LogP contribution in [-0.2, 0) is 0 Å². The molecule has 1 unspecified atom stereocenters. The van der Waals surface area contributed by atoms with Crippen molar-refractivity contribution >= 4 is 15.9 Å². The van der Waals surface area contributed by atoms with Crippen molar-refractivity contribution in [3.63, 3.8) is 0 Å². The highest BCUT2D eigenvalue weighted by atomic mass is 79.9. The van der Waals surface area contributed by atoms with Gasteiger partial charge in [-0.15, -0.1) is 0 Å². The second-order valence-corrected chi connectivity index (χ2v) is 5.32. The minimum Gasteiger partial charge on any atom is -0.207 e. The zero-order chi connectivity index (χ0) is 13.3. The smallest absolute Gasteiger partial charge is 0.128 e.